The summed E-state index contributed by atoms with van der Waals surface area (Å²) >= 11 is 3.29. The third kappa shape index (κ3) is 3.36. The zero-order chi connectivity index (χ0) is 14.8. The topological polar surface area (TPSA) is 72.2 Å². The number of nitrogen functional groups attached to an aromatic ring is 1. The molecule has 4 nitrogen and oxygen atoms in total. The fourth-order valence-corrected chi connectivity index (χ4v) is 3.36. The molecule has 3 N–H and O–H groups in total. The van der Waals surface area contributed by atoms with Crippen LogP contribution in [0.4, 0.5) is 10.1 Å². The average molecular weight is 359 g/mol. The highest BCUT2D eigenvalue weighted by atomic mass is 79.9. The fraction of sp³-hybridized carbons (Fsp3) is 0.0769. The highest BCUT2D eigenvalue weighted by Gasteiger charge is 2.21. The Hall–Kier alpha value is -1.44. The van der Waals surface area contributed by atoms with Gasteiger partial charge in [-0.1, -0.05) is 34.1 Å². The maximum absolute atomic E-state index is 13.6. The molecule has 0 saturated heterocycles. The van der Waals surface area contributed by atoms with E-state index in [9.17, 15) is 12.8 Å². The normalized spacial score (nSPS) is 11.5. The monoisotopic (exact) mass is 358 g/mol. The number of halogens is 2. The Bertz CT molecular complexity index is 715. The van der Waals surface area contributed by atoms with E-state index in [1.807, 2.05) is 6.07 Å². The molecule has 0 saturated carbocycles. The molecule has 2 aromatic carbocycles. The lowest BCUT2D eigenvalue weighted by Crippen LogP contribution is -2.25. The molecule has 0 spiro atoms. The molecule has 0 radical (unpaired) electrons. The van der Waals surface area contributed by atoms with Crippen molar-refractivity contribution >= 4 is 31.6 Å². The fourth-order valence-electron chi connectivity index (χ4n) is 1.71. The van der Waals surface area contributed by atoms with Gasteiger partial charge in [0.15, 0.2) is 0 Å². The van der Waals surface area contributed by atoms with Gasteiger partial charge in [0, 0.05) is 11.0 Å². The molecule has 2 aromatic rings. The maximum atomic E-state index is 13.6. The van der Waals surface area contributed by atoms with Crippen molar-refractivity contribution in [1.82, 2.24) is 4.72 Å². The van der Waals surface area contributed by atoms with Crippen LogP contribution in [0.5, 0.6) is 0 Å². The Kier molecular flexibility index (Phi) is 4.42. The summed E-state index contributed by atoms with van der Waals surface area (Å²) in [5.41, 5.74) is 6.16. The predicted octanol–water partition coefficient (Wildman–Crippen LogP) is 2.65. The van der Waals surface area contributed by atoms with Gasteiger partial charge in [-0.05, 0) is 29.8 Å². The second-order valence-electron chi connectivity index (χ2n) is 4.11. The van der Waals surface area contributed by atoms with Crippen LogP contribution in [0.2, 0.25) is 0 Å². The number of hydrogen-bond acceptors (Lipinski definition) is 3. The lowest BCUT2D eigenvalue weighted by atomic mass is 10.2. The minimum Gasteiger partial charge on any atom is -0.398 e. The summed E-state index contributed by atoms with van der Waals surface area (Å²) in [5, 5.41) is 0. The molecule has 0 bridgehead atoms. The van der Waals surface area contributed by atoms with Gasteiger partial charge in [-0.2, -0.15) is 0 Å². The van der Waals surface area contributed by atoms with Gasteiger partial charge in [-0.3, -0.25) is 0 Å². The number of hydrogen-bond donors (Lipinski definition) is 2. The SMILES string of the molecule is Nc1cccc(F)c1S(=O)(=O)NCc1cccc(Br)c1. The molecule has 0 atom stereocenters. The average Bonchev–Trinajstić information content (AvgIpc) is 2.36. The quantitative estimate of drug-likeness (QED) is 0.825. The number of nitrogens with one attached hydrogen (secondary N) is 1. The number of anilines is 1. The standard InChI is InChI=1S/C13H12BrFN2O2S/c14-10-4-1-3-9(7-10)8-17-20(18,19)13-11(15)5-2-6-12(13)16/h1-7,17H,8,16H2. The summed E-state index contributed by atoms with van der Waals surface area (Å²) < 4.78 is 41.0. The van der Waals surface area contributed by atoms with Crippen LogP contribution in [-0.4, -0.2) is 8.42 Å². The van der Waals surface area contributed by atoms with Gasteiger partial charge in [-0.15, -0.1) is 0 Å². The van der Waals surface area contributed by atoms with E-state index in [0.717, 1.165) is 16.1 Å². The first-order valence-corrected chi connectivity index (χ1v) is 7.96. The molecule has 20 heavy (non-hydrogen) atoms. The minimum absolute atomic E-state index is 0.0511. The molecule has 0 unspecified atom stereocenters. The lowest BCUT2D eigenvalue weighted by Gasteiger charge is -2.10. The minimum atomic E-state index is -4.00. The van der Waals surface area contributed by atoms with Crippen LogP contribution in [0.25, 0.3) is 0 Å². The van der Waals surface area contributed by atoms with Crippen molar-refractivity contribution in [2.45, 2.75) is 11.4 Å². The molecule has 2 rings (SSSR count). The van der Waals surface area contributed by atoms with Crippen molar-refractivity contribution in [3.8, 4) is 0 Å². The molecular formula is C13H12BrFN2O2S. The lowest BCUT2D eigenvalue weighted by molar-refractivity contribution is 0.558. The summed E-state index contributed by atoms with van der Waals surface area (Å²) in [5.74, 6) is -0.869. The Morgan fingerprint density at radius 3 is 2.55 bits per heavy atom. The summed E-state index contributed by atoms with van der Waals surface area (Å²) in [6, 6.07) is 10.9. The van der Waals surface area contributed by atoms with Gasteiger partial charge in [0.05, 0.1) is 5.69 Å². The van der Waals surface area contributed by atoms with Crippen LogP contribution in [0.1, 0.15) is 5.56 Å². The molecule has 0 fully saturated rings. The van der Waals surface area contributed by atoms with Crippen molar-refractivity contribution in [3.05, 3.63) is 58.3 Å². The summed E-state index contributed by atoms with van der Waals surface area (Å²) in [4.78, 5) is -0.519. The first-order chi connectivity index (χ1) is 9.40. The largest absolute Gasteiger partial charge is 0.398 e. The van der Waals surface area contributed by atoms with Crippen LogP contribution in [0.15, 0.2) is 51.8 Å². The van der Waals surface area contributed by atoms with Gasteiger partial charge in [0.1, 0.15) is 10.7 Å². The zero-order valence-corrected chi connectivity index (χ0v) is 12.7. The molecule has 7 heteroatoms. The number of benzene rings is 2. The molecule has 0 heterocycles. The summed E-state index contributed by atoms with van der Waals surface area (Å²) in [6.45, 7) is 0.0511. The molecule has 0 aliphatic rings. The number of rotatable bonds is 4. The van der Waals surface area contributed by atoms with Gasteiger partial charge in [0.25, 0.3) is 0 Å². The van der Waals surface area contributed by atoms with Gasteiger partial charge in [0.2, 0.25) is 10.0 Å². The van der Waals surface area contributed by atoms with Crippen LogP contribution in [-0.2, 0) is 16.6 Å². The van der Waals surface area contributed by atoms with Crippen molar-refractivity contribution in [2.75, 3.05) is 5.73 Å². The van der Waals surface area contributed by atoms with Gasteiger partial charge < -0.3 is 5.73 Å². The molecule has 0 aliphatic carbocycles. The van der Waals surface area contributed by atoms with Crippen molar-refractivity contribution < 1.29 is 12.8 Å². The van der Waals surface area contributed by atoms with Crippen molar-refractivity contribution in [1.29, 1.82) is 0 Å². The second-order valence-corrected chi connectivity index (χ2v) is 6.73. The van der Waals surface area contributed by atoms with Gasteiger partial charge in [-0.25, -0.2) is 17.5 Å². The van der Waals surface area contributed by atoms with E-state index in [1.54, 1.807) is 18.2 Å². The number of sulfonamides is 1. The third-order valence-corrected chi connectivity index (χ3v) is 4.61. The van der Waals surface area contributed by atoms with E-state index in [1.165, 1.54) is 12.1 Å². The summed E-state index contributed by atoms with van der Waals surface area (Å²) in [7, 11) is -4.00. The molecule has 0 aromatic heterocycles. The predicted molar refractivity (Wildman–Crippen MR) is 79.0 cm³/mol. The van der Waals surface area contributed by atoms with Crippen LogP contribution in [0, 0.1) is 5.82 Å². The highest BCUT2D eigenvalue weighted by Crippen LogP contribution is 2.21. The van der Waals surface area contributed by atoms with E-state index in [0.29, 0.717) is 0 Å². The van der Waals surface area contributed by atoms with E-state index in [4.69, 9.17) is 5.73 Å². The Morgan fingerprint density at radius 1 is 1.20 bits per heavy atom. The van der Waals surface area contributed by atoms with E-state index >= 15 is 0 Å². The van der Waals surface area contributed by atoms with Crippen LogP contribution < -0.4 is 10.5 Å². The zero-order valence-electron chi connectivity index (χ0n) is 10.3. The Labute approximate surface area is 125 Å². The second kappa shape index (κ2) is 5.90. The van der Waals surface area contributed by atoms with E-state index < -0.39 is 20.7 Å². The number of nitrogens with two attached hydrogens (primary N) is 1. The van der Waals surface area contributed by atoms with Crippen molar-refractivity contribution in [3.63, 3.8) is 0 Å². The smallest absolute Gasteiger partial charge is 0.245 e. The van der Waals surface area contributed by atoms with E-state index in [-0.39, 0.29) is 12.2 Å². The third-order valence-electron chi connectivity index (χ3n) is 2.62. The first kappa shape index (κ1) is 15.0. The maximum Gasteiger partial charge on any atom is 0.245 e. The van der Waals surface area contributed by atoms with Crippen LogP contribution in [0.3, 0.4) is 0 Å². The molecule has 0 aliphatic heterocycles. The van der Waals surface area contributed by atoms with Crippen molar-refractivity contribution in [2.24, 2.45) is 0 Å². The Balaban J connectivity index is 2.24. The molecule has 106 valence electrons. The van der Waals surface area contributed by atoms with E-state index in [2.05, 4.69) is 20.7 Å². The highest BCUT2D eigenvalue weighted by molar-refractivity contribution is 9.10. The first-order valence-electron chi connectivity index (χ1n) is 5.68. The Morgan fingerprint density at radius 2 is 1.90 bits per heavy atom. The van der Waals surface area contributed by atoms with Gasteiger partial charge >= 0.3 is 0 Å². The molecular weight excluding hydrogens is 347 g/mol. The summed E-state index contributed by atoms with van der Waals surface area (Å²) in [6.07, 6.45) is 0. The molecule has 0 amide bonds. The van der Waals surface area contributed by atoms with Crippen LogP contribution >= 0.6 is 15.9 Å².